The fourth-order valence-corrected chi connectivity index (χ4v) is 2.18. The molecule has 1 heterocycles. The summed E-state index contributed by atoms with van der Waals surface area (Å²) in [6, 6.07) is 5.55. The fourth-order valence-electron chi connectivity index (χ4n) is 2.18. The molecule has 0 radical (unpaired) electrons. The Morgan fingerprint density at radius 2 is 2.06 bits per heavy atom. The maximum Gasteiger partial charge on any atom is 0.251 e. The van der Waals surface area contributed by atoms with Gasteiger partial charge in [0.05, 0.1) is 12.8 Å². The first-order valence-corrected chi connectivity index (χ1v) is 5.91. The summed E-state index contributed by atoms with van der Waals surface area (Å²) in [4.78, 5) is 13.9. The number of anilines is 1. The van der Waals surface area contributed by atoms with Gasteiger partial charge < -0.3 is 15.0 Å². The van der Waals surface area contributed by atoms with E-state index in [1.165, 1.54) is 12.8 Å². The number of hydrogen-bond acceptors (Lipinski definition) is 3. The van der Waals surface area contributed by atoms with Gasteiger partial charge in [0.1, 0.15) is 5.75 Å². The molecule has 92 valence electrons. The molecule has 1 N–H and O–H groups in total. The highest BCUT2D eigenvalue weighted by molar-refractivity contribution is 5.95. The Balaban J connectivity index is 2.35. The topological polar surface area (TPSA) is 41.6 Å². The number of methoxy groups -OCH3 is 1. The van der Waals surface area contributed by atoms with Crippen LogP contribution in [-0.4, -0.2) is 33.2 Å². The van der Waals surface area contributed by atoms with Crippen molar-refractivity contribution in [1.29, 1.82) is 0 Å². The summed E-state index contributed by atoms with van der Waals surface area (Å²) in [5.74, 6) is 0.771. The van der Waals surface area contributed by atoms with E-state index in [2.05, 4.69) is 10.2 Å². The predicted octanol–water partition coefficient (Wildman–Crippen LogP) is 1.66. The van der Waals surface area contributed by atoms with Crippen molar-refractivity contribution in [2.24, 2.45) is 0 Å². The second kappa shape index (κ2) is 5.08. The van der Waals surface area contributed by atoms with Crippen molar-refractivity contribution in [1.82, 2.24) is 5.32 Å². The van der Waals surface area contributed by atoms with Gasteiger partial charge in [0, 0.05) is 25.7 Å². The smallest absolute Gasteiger partial charge is 0.251 e. The zero-order valence-electron chi connectivity index (χ0n) is 10.3. The first kappa shape index (κ1) is 11.8. The van der Waals surface area contributed by atoms with Gasteiger partial charge in [0.15, 0.2) is 0 Å². The third-order valence-electron chi connectivity index (χ3n) is 3.11. The molecule has 4 heteroatoms. The van der Waals surface area contributed by atoms with Crippen LogP contribution in [0.4, 0.5) is 5.69 Å². The molecular formula is C13H18N2O2. The SMILES string of the molecule is CNC(=O)c1ccc(OC)c(N2CCCC2)c1. The molecule has 1 aromatic carbocycles. The molecule has 0 spiro atoms. The maximum atomic E-state index is 11.6. The Hall–Kier alpha value is -1.71. The Morgan fingerprint density at radius 1 is 1.35 bits per heavy atom. The van der Waals surface area contributed by atoms with E-state index in [1.54, 1.807) is 20.2 Å². The quantitative estimate of drug-likeness (QED) is 0.864. The standard InChI is InChI=1S/C13H18N2O2/c1-14-13(16)10-5-6-12(17-2)11(9-10)15-7-3-4-8-15/h5-6,9H,3-4,7-8H2,1-2H3,(H,14,16). The van der Waals surface area contributed by atoms with Gasteiger partial charge in [-0.1, -0.05) is 0 Å². The minimum atomic E-state index is -0.0619. The normalized spacial score (nSPS) is 14.8. The molecule has 0 aliphatic carbocycles. The van der Waals surface area contributed by atoms with Gasteiger partial charge in [0.2, 0.25) is 0 Å². The van der Waals surface area contributed by atoms with E-state index in [9.17, 15) is 4.79 Å². The van der Waals surface area contributed by atoms with E-state index in [4.69, 9.17) is 4.74 Å². The molecule has 0 aromatic heterocycles. The summed E-state index contributed by atoms with van der Waals surface area (Å²) in [5, 5.41) is 2.64. The van der Waals surface area contributed by atoms with Crippen LogP contribution in [0.2, 0.25) is 0 Å². The largest absolute Gasteiger partial charge is 0.495 e. The van der Waals surface area contributed by atoms with E-state index in [-0.39, 0.29) is 5.91 Å². The summed E-state index contributed by atoms with van der Waals surface area (Å²) < 4.78 is 5.35. The van der Waals surface area contributed by atoms with Crippen molar-refractivity contribution in [3.8, 4) is 5.75 Å². The Morgan fingerprint density at radius 3 is 2.65 bits per heavy atom. The van der Waals surface area contributed by atoms with Gasteiger partial charge in [0.25, 0.3) is 5.91 Å². The van der Waals surface area contributed by atoms with Crippen molar-refractivity contribution in [2.45, 2.75) is 12.8 Å². The number of rotatable bonds is 3. The first-order chi connectivity index (χ1) is 8.26. The summed E-state index contributed by atoms with van der Waals surface area (Å²) >= 11 is 0. The summed E-state index contributed by atoms with van der Waals surface area (Å²) in [5.41, 5.74) is 1.70. The molecule has 1 aliphatic heterocycles. The predicted molar refractivity (Wildman–Crippen MR) is 67.8 cm³/mol. The number of amides is 1. The van der Waals surface area contributed by atoms with Crippen molar-refractivity contribution >= 4 is 11.6 Å². The van der Waals surface area contributed by atoms with Crippen LogP contribution in [0.5, 0.6) is 5.75 Å². The molecule has 17 heavy (non-hydrogen) atoms. The first-order valence-electron chi connectivity index (χ1n) is 5.91. The van der Waals surface area contributed by atoms with Gasteiger partial charge >= 0.3 is 0 Å². The van der Waals surface area contributed by atoms with Crippen LogP contribution < -0.4 is 15.0 Å². The summed E-state index contributed by atoms with van der Waals surface area (Å²) in [7, 11) is 3.30. The minimum Gasteiger partial charge on any atom is -0.495 e. The lowest BCUT2D eigenvalue weighted by atomic mass is 10.1. The number of carbonyl (C=O) groups is 1. The van der Waals surface area contributed by atoms with Gasteiger partial charge in [-0.2, -0.15) is 0 Å². The molecule has 0 bridgehead atoms. The van der Waals surface area contributed by atoms with Crippen LogP contribution in [0.15, 0.2) is 18.2 Å². The Bertz CT molecular complexity index is 412. The zero-order valence-corrected chi connectivity index (χ0v) is 10.3. The van der Waals surface area contributed by atoms with Gasteiger partial charge in [-0.25, -0.2) is 0 Å². The molecule has 2 rings (SSSR count). The number of nitrogens with zero attached hydrogens (tertiary/aromatic N) is 1. The third-order valence-corrected chi connectivity index (χ3v) is 3.11. The number of benzene rings is 1. The van der Waals surface area contributed by atoms with Crippen molar-refractivity contribution in [3.63, 3.8) is 0 Å². The Kier molecular flexibility index (Phi) is 3.52. The van der Waals surface area contributed by atoms with Crippen LogP contribution in [0, 0.1) is 0 Å². The van der Waals surface area contributed by atoms with Gasteiger partial charge in [-0.3, -0.25) is 4.79 Å². The van der Waals surface area contributed by atoms with Crippen molar-refractivity contribution in [2.75, 3.05) is 32.1 Å². The lowest BCUT2D eigenvalue weighted by Gasteiger charge is -2.21. The van der Waals surface area contributed by atoms with Crippen LogP contribution in [0.1, 0.15) is 23.2 Å². The number of carbonyl (C=O) groups excluding carboxylic acids is 1. The van der Waals surface area contributed by atoms with E-state index in [0.717, 1.165) is 24.5 Å². The van der Waals surface area contributed by atoms with E-state index in [0.29, 0.717) is 5.56 Å². The lowest BCUT2D eigenvalue weighted by Crippen LogP contribution is -2.21. The highest BCUT2D eigenvalue weighted by atomic mass is 16.5. The number of ether oxygens (including phenoxy) is 1. The summed E-state index contributed by atoms with van der Waals surface area (Å²) in [6.45, 7) is 2.07. The van der Waals surface area contributed by atoms with E-state index in [1.807, 2.05) is 12.1 Å². The van der Waals surface area contributed by atoms with Gasteiger partial charge in [-0.15, -0.1) is 0 Å². The van der Waals surface area contributed by atoms with Crippen molar-refractivity contribution < 1.29 is 9.53 Å². The molecule has 1 saturated heterocycles. The Labute approximate surface area is 102 Å². The summed E-state index contributed by atoms with van der Waals surface area (Å²) in [6.07, 6.45) is 2.40. The monoisotopic (exact) mass is 234 g/mol. The highest BCUT2D eigenvalue weighted by Crippen LogP contribution is 2.31. The zero-order chi connectivity index (χ0) is 12.3. The van der Waals surface area contributed by atoms with E-state index < -0.39 is 0 Å². The minimum absolute atomic E-state index is 0.0619. The van der Waals surface area contributed by atoms with Gasteiger partial charge in [-0.05, 0) is 31.0 Å². The fraction of sp³-hybridized carbons (Fsp3) is 0.462. The number of nitrogens with one attached hydrogen (secondary N) is 1. The maximum absolute atomic E-state index is 11.6. The molecule has 4 nitrogen and oxygen atoms in total. The van der Waals surface area contributed by atoms with Crippen LogP contribution in [0.25, 0.3) is 0 Å². The number of hydrogen-bond donors (Lipinski definition) is 1. The molecule has 1 aliphatic rings. The molecule has 0 saturated carbocycles. The molecule has 1 aromatic rings. The molecular weight excluding hydrogens is 216 g/mol. The molecule has 0 unspecified atom stereocenters. The van der Waals surface area contributed by atoms with Crippen LogP contribution in [-0.2, 0) is 0 Å². The lowest BCUT2D eigenvalue weighted by molar-refractivity contribution is 0.0963. The highest BCUT2D eigenvalue weighted by Gasteiger charge is 2.18. The molecule has 0 atom stereocenters. The second-order valence-electron chi connectivity index (χ2n) is 4.16. The van der Waals surface area contributed by atoms with E-state index >= 15 is 0 Å². The molecule has 1 amide bonds. The average Bonchev–Trinajstić information content (AvgIpc) is 2.90. The van der Waals surface area contributed by atoms with Crippen molar-refractivity contribution in [3.05, 3.63) is 23.8 Å². The third kappa shape index (κ3) is 2.35. The van der Waals surface area contributed by atoms with Crippen LogP contribution in [0.3, 0.4) is 0 Å². The second-order valence-corrected chi connectivity index (χ2v) is 4.16. The van der Waals surface area contributed by atoms with Crippen LogP contribution >= 0.6 is 0 Å². The average molecular weight is 234 g/mol. The molecule has 1 fully saturated rings.